The van der Waals surface area contributed by atoms with Gasteiger partial charge in [0, 0.05) is 25.0 Å². The van der Waals surface area contributed by atoms with Crippen LogP contribution in [-0.2, 0) is 13.5 Å². The molecule has 0 spiro atoms. The number of rotatable bonds is 4. The second-order valence-corrected chi connectivity index (χ2v) is 4.76. The molecule has 0 saturated heterocycles. The van der Waals surface area contributed by atoms with E-state index in [9.17, 15) is 0 Å². The number of hydrazine groups is 1. The number of aryl methyl sites for hydroxylation is 2. The number of hydrogen-bond donors (Lipinski definition) is 2. The van der Waals surface area contributed by atoms with Crippen LogP contribution < -0.4 is 11.3 Å². The topological polar surface area (TPSA) is 68.8 Å². The monoisotopic (exact) mass is 237 g/mol. The lowest BCUT2D eigenvalue weighted by molar-refractivity contribution is 0.530. The Hall–Kier alpha value is -1.24. The first-order valence-corrected chi connectivity index (χ1v) is 5.93. The summed E-state index contributed by atoms with van der Waals surface area (Å²) in [5.74, 6) is 5.55. The molecule has 2 rings (SSSR count). The maximum Gasteiger partial charge on any atom is 0.0898 e. The summed E-state index contributed by atoms with van der Waals surface area (Å²) in [6.07, 6.45) is 2.68. The van der Waals surface area contributed by atoms with Gasteiger partial charge in [0.1, 0.15) is 0 Å². The van der Waals surface area contributed by atoms with Crippen LogP contribution in [0.3, 0.4) is 0 Å². The maximum absolute atomic E-state index is 5.55. The molecule has 0 aliphatic carbocycles. The van der Waals surface area contributed by atoms with Crippen LogP contribution >= 0.6 is 11.3 Å². The molecule has 1 atom stereocenters. The molecular weight excluding hydrogens is 222 g/mol. The Bertz CT molecular complexity index is 461. The van der Waals surface area contributed by atoms with Crippen molar-refractivity contribution in [1.82, 2.24) is 20.2 Å². The molecule has 3 N–H and O–H groups in total. The van der Waals surface area contributed by atoms with Crippen molar-refractivity contribution in [2.45, 2.75) is 19.4 Å². The van der Waals surface area contributed by atoms with Gasteiger partial charge in [-0.3, -0.25) is 16.0 Å². The molecule has 86 valence electrons. The van der Waals surface area contributed by atoms with Crippen LogP contribution in [0.25, 0.3) is 0 Å². The summed E-state index contributed by atoms with van der Waals surface area (Å²) in [6, 6.07) is 2.02. The molecule has 2 aromatic rings. The van der Waals surface area contributed by atoms with Gasteiger partial charge in [0.25, 0.3) is 0 Å². The van der Waals surface area contributed by atoms with Gasteiger partial charge in [-0.05, 0) is 13.0 Å². The van der Waals surface area contributed by atoms with Crippen LogP contribution in [0.5, 0.6) is 0 Å². The standard InChI is InChI=1S/C10H15N5S/c1-7-12-10(6-16-7)9(13-11)5-8-3-4-15(2)14-8/h3-4,6,9,13H,5,11H2,1-2H3. The number of aromatic nitrogens is 3. The predicted molar refractivity (Wildman–Crippen MR) is 63.8 cm³/mol. The molecule has 5 nitrogen and oxygen atoms in total. The minimum atomic E-state index is 0.0276. The van der Waals surface area contributed by atoms with Crippen molar-refractivity contribution in [3.8, 4) is 0 Å². The van der Waals surface area contributed by atoms with Crippen molar-refractivity contribution in [3.05, 3.63) is 34.0 Å². The number of nitrogens with one attached hydrogen (secondary N) is 1. The number of hydrogen-bond acceptors (Lipinski definition) is 5. The molecule has 16 heavy (non-hydrogen) atoms. The Kier molecular flexibility index (Phi) is 3.33. The van der Waals surface area contributed by atoms with Crippen molar-refractivity contribution in [2.24, 2.45) is 12.9 Å². The molecule has 0 aromatic carbocycles. The van der Waals surface area contributed by atoms with E-state index in [0.717, 1.165) is 22.8 Å². The van der Waals surface area contributed by atoms with Crippen molar-refractivity contribution in [1.29, 1.82) is 0 Å². The normalized spacial score (nSPS) is 12.9. The van der Waals surface area contributed by atoms with Crippen molar-refractivity contribution < 1.29 is 0 Å². The minimum absolute atomic E-state index is 0.0276. The van der Waals surface area contributed by atoms with Crippen LogP contribution in [-0.4, -0.2) is 14.8 Å². The maximum atomic E-state index is 5.55. The van der Waals surface area contributed by atoms with Gasteiger partial charge in [0.2, 0.25) is 0 Å². The molecule has 6 heteroatoms. The molecule has 0 aliphatic heterocycles. The quantitative estimate of drug-likeness (QED) is 0.613. The number of thiazole rings is 1. The Balaban J connectivity index is 2.12. The van der Waals surface area contributed by atoms with E-state index in [2.05, 4.69) is 15.5 Å². The summed E-state index contributed by atoms with van der Waals surface area (Å²) in [7, 11) is 1.90. The van der Waals surface area contributed by atoms with E-state index in [1.54, 1.807) is 16.0 Å². The van der Waals surface area contributed by atoms with Gasteiger partial charge in [-0.1, -0.05) is 0 Å². The van der Waals surface area contributed by atoms with E-state index < -0.39 is 0 Å². The highest BCUT2D eigenvalue weighted by Gasteiger charge is 2.14. The Morgan fingerprint density at radius 3 is 2.94 bits per heavy atom. The second kappa shape index (κ2) is 4.73. The highest BCUT2D eigenvalue weighted by molar-refractivity contribution is 7.09. The van der Waals surface area contributed by atoms with Gasteiger partial charge in [-0.25, -0.2) is 4.98 Å². The van der Waals surface area contributed by atoms with Crippen LogP contribution in [0.2, 0.25) is 0 Å². The fourth-order valence-electron chi connectivity index (χ4n) is 1.57. The molecular formula is C10H15N5S. The van der Waals surface area contributed by atoms with Gasteiger partial charge in [-0.2, -0.15) is 5.10 Å². The highest BCUT2D eigenvalue weighted by atomic mass is 32.1. The SMILES string of the molecule is Cc1nc(C(Cc2ccn(C)n2)NN)cs1. The zero-order valence-corrected chi connectivity index (χ0v) is 10.2. The Morgan fingerprint density at radius 2 is 2.44 bits per heavy atom. The largest absolute Gasteiger partial charge is 0.276 e. The lowest BCUT2D eigenvalue weighted by Crippen LogP contribution is -2.30. The summed E-state index contributed by atoms with van der Waals surface area (Å²) in [6.45, 7) is 1.99. The van der Waals surface area contributed by atoms with Crippen molar-refractivity contribution >= 4 is 11.3 Å². The van der Waals surface area contributed by atoms with E-state index in [-0.39, 0.29) is 6.04 Å². The first-order valence-electron chi connectivity index (χ1n) is 5.05. The summed E-state index contributed by atoms with van der Waals surface area (Å²) >= 11 is 1.63. The zero-order valence-electron chi connectivity index (χ0n) is 9.34. The van der Waals surface area contributed by atoms with E-state index in [1.165, 1.54) is 0 Å². The number of nitrogens with two attached hydrogens (primary N) is 1. The first-order chi connectivity index (χ1) is 7.69. The van der Waals surface area contributed by atoms with Gasteiger partial charge in [0.15, 0.2) is 0 Å². The van der Waals surface area contributed by atoms with Crippen LogP contribution in [0.4, 0.5) is 0 Å². The van der Waals surface area contributed by atoms with Crippen LogP contribution in [0.15, 0.2) is 17.6 Å². The van der Waals surface area contributed by atoms with Crippen molar-refractivity contribution in [2.75, 3.05) is 0 Å². The summed E-state index contributed by atoms with van der Waals surface area (Å²) in [4.78, 5) is 4.43. The van der Waals surface area contributed by atoms with Gasteiger partial charge >= 0.3 is 0 Å². The molecule has 0 amide bonds. The summed E-state index contributed by atoms with van der Waals surface area (Å²) in [5.41, 5.74) is 4.78. The lowest BCUT2D eigenvalue weighted by atomic mass is 10.1. The Labute approximate surface area is 98.3 Å². The van der Waals surface area contributed by atoms with Crippen LogP contribution in [0.1, 0.15) is 22.4 Å². The summed E-state index contributed by atoms with van der Waals surface area (Å²) < 4.78 is 1.79. The smallest absolute Gasteiger partial charge is 0.0898 e. The second-order valence-electron chi connectivity index (χ2n) is 3.70. The van der Waals surface area contributed by atoms with Gasteiger partial charge in [-0.15, -0.1) is 11.3 Å². The van der Waals surface area contributed by atoms with Gasteiger partial charge < -0.3 is 0 Å². The molecule has 0 saturated carbocycles. The first kappa shape index (κ1) is 11.3. The molecule has 1 unspecified atom stereocenters. The average molecular weight is 237 g/mol. The third-order valence-corrected chi connectivity index (χ3v) is 3.17. The van der Waals surface area contributed by atoms with Crippen molar-refractivity contribution in [3.63, 3.8) is 0 Å². The van der Waals surface area contributed by atoms with E-state index in [1.807, 2.05) is 31.6 Å². The molecule has 2 heterocycles. The van der Waals surface area contributed by atoms with Gasteiger partial charge in [0.05, 0.1) is 22.4 Å². The molecule has 0 radical (unpaired) electrons. The number of nitrogens with zero attached hydrogens (tertiary/aromatic N) is 3. The highest BCUT2D eigenvalue weighted by Crippen LogP contribution is 2.18. The molecule has 2 aromatic heterocycles. The lowest BCUT2D eigenvalue weighted by Gasteiger charge is -2.11. The average Bonchev–Trinajstić information content (AvgIpc) is 2.84. The fraction of sp³-hybridized carbons (Fsp3) is 0.400. The van der Waals surface area contributed by atoms with E-state index in [0.29, 0.717) is 0 Å². The van der Waals surface area contributed by atoms with E-state index in [4.69, 9.17) is 5.84 Å². The Morgan fingerprint density at radius 1 is 1.62 bits per heavy atom. The third-order valence-electron chi connectivity index (χ3n) is 2.38. The predicted octanol–water partition coefficient (Wildman–Crippen LogP) is 0.932. The minimum Gasteiger partial charge on any atom is -0.276 e. The summed E-state index contributed by atoms with van der Waals surface area (Å²) in [5, 5.41) is 7.41. The molecule has 0 bridgehead atoms. The zero-order chi connectivity index (χ0) is 11.5. The third kappa shape index (κ3) is 2.46. The fourth-order valence-corrected chi connectivity index (χ4v) is 2.24. The van der Waals surface area contributed by atoms with E-state index >= 15 is 0 Å². The molecule has 0 fully saturated rings. The molecule has 0 aliphatic rings. The van der Waals surface area contributed by atoms with Crippen LogP contribution in [0, 0.1) is 6.92 Å².